The van der Waals surface area contributed by atoms with E-state index in [1.165, 1.54) is 6.07 Å². The van der Waals surface area contributed by atoms with Crippen LogP contribution in [-0.2, 0) is 13.0 Å². The van der Waals surface area contributed by atoms with Gasteiger partial charge in [-0.25, -0.2) is 9.37 Å². The highest BCUT2D eigenvalue weighted by molar-refractivity contribution is 7.59. The van der Waals surface area contributed by atoms with Crippen LogP contribution < -0.4 is 20.7 Å². The molecule has 2 aromatic carbocycles. The van der Waals surface area contributed by atoms with Crippen molar-refractivity contribution in [3.05, 3.63) is 59.0 Å². The Morgan fingerprint density at radius 2 is 2.14 bits per heavy atom. The van der Waals surface area contributed by atoms with Crippen molar-refractivity contribution in [3.63, 3.8) is 0 Å². The molecule has 1 amide bonds. The van der Waals surface area contributed by atoms with Crippen molar-refractivity contribution in [2.24, 2.45) is 0 Å². The highest BCUT2D eigenvalue weighted by atomic mass is 32.1. The minimum absolute atomic E-state index is 0.235. The standard InChI is InChI=1S/C25H30FN4O3PS/c1-4-18-19(6-8-21(23(18)26)34(3)32)24(31)30-11-12-33-20-7-5-16(13-17(20)15-30)22-14-29-25(35-22)28-10-9-27-2/h5-8,13-14,27,32H,4,9-12,15H2,1-3H3,(H,28,29). The molecule has 1 atom stereocenters. The third-order valence-corrected chi connectivity index (χ3v) is 7.97. The van der Waals surface area contributed by atoms with Crippen molar-refractivity contribution in [2.75, 3.05) is 45.3 Å². The van der Waals surface area contributed by atoms with E-state index in [1.807, 2.05) is 38.4 Å². The first kappa shape index (κ1) is 25.5. The van der Waals surface area contributed by atoms with E-state index in [0.29, 0.717) is 37.2 Å². The number of ether oxygens (including phenoxy) is 1. The van der Waals surface area contributed by atoms with Gasteiger partial charge in [-0.2, -0.15) is 0 Å². The van der Waals surface area contributed by atoms with E-state index in [-0.39, 0.29) is 11.2 Å². The number of nitrogens with zero attached hydrogens (tertiary/aromatic N) is 2. The van der Waals surface area contributed by atoms with E-state index >= 15 is 4.39 Å². The Morgan fingerprint density at radius 1 is 1.31 bits per heavy atom. The van der Waals surface area contributed by atoms with Crippen LogP contribution in [0, 0.1) is 5.82 Å². The molecule has 186 valence electrons. The zero-order valence-corrected chi connectivity index (χ0v) is 21.8. The van der Waals surface area contributed by atoms with Crippen molar-refractivity contribution >= 4 is 35.8 Å². The highest BCUT2D eigenvalue weighted by Crippen LogP contribution is 2.34. The van der Waals surface area contributed by atoms with Crippen LogP contribution in [0.3, 0.4) is 0 Å². The number of fused-ring (bicyclic) bond motifs is 1. The minimum Gasteiger partial charge on any atom is -0.491 e. The summed E-state index contributed by atoms with van der Waals surface area (Å²) in [6, 6.07) is 9.13. The molecule has 7 nitrogen and oxygen atoms in total. The van der Waals surface area contributed by atoms with Gasteiger partial charge in [-0.3, -0.25) is 4.79 Å². The fourth-order valence-corrected chi connectivity index (χ4v) is 5.63. The molecular formula is C25H30FN4O3PS. The van der Waals surface area contributed by atoms with Crippen molar-refractivity contribution in [2.45, 2.75) is 19.9 Å². The van der Waals surface area contributed by atoms with Crippen molar-refractivity contribution in [1.82, 2.24) is 15.2 Å². The van der Waals surface area contributed by atoms with Gasteiger partial charge in [0.25, 0.3) is 5.91 Å². The molecule has 3 aromatic rings. The van der Waals surface area contributed by atoms with Crippen LogP contribution in [0.4, 0.5) is 9.52 Å². The van der Waals surface area contributed by atoms with Crippen molar-refractivity contribution in [1.29, 1.82) is 0 Å². The number of likely N-dealkylation sites (N-methyl/N-ethyl adjacent to an activating group) is 1. The van der Waals surface area contributed by atoms with Gasteiger partial charge in [0.1, 0.15) is 18.2 Å². The summed E-state index contributed by atoms with van der Waals surface area (Å²) in [6.45, 7) is 6.16. The lowest BCUT2D eigenvalue weighted by Gasteiger charge is -2.22. The first-order valence-corrected chi connectivity index (χ1v) is 14.1. The van der Waals surface area contributed by atoms with E-state index in [0.717, 1.165) is 40.0 Å². The smallest absolute Gasteiger partial charge is 0.254 e. The summed E-state index contributed by atoms with van der Waals surface area (Å²) in [5.74, 6) is 0.0314. The normalized spacial score (nSPS) is 14.1. The maximum atomic E-state index is 15.0. The van der Waals surface area contributed by atoms with Crippen LogP contribution in [0.5, 0.6) is 5.75 Å². The number of hydrogen-bond acceptors (Lipinski definition) is 7. The third-order valence-electron chi connectivity index (χ3n) is 5.92. The van der Waals surface area contributed by atoms with Crippen molar-refractivity contribution < 1.29 is 18.8 Å². The van der Waals surface area contributed by atoms with Crippen LogP contribution in [0.25, 0.3) is 10.4 Å². The molecule has 0 fully saturated rings. The number of thiazole rings is 1. The first-order valence-electron chi connectivity index (χ1n) is 11.6. The molecule has 1 aliphatic rings. The third kappa shape index (κ3) is 5.64. The fraction of sp³-hybridized carbons (Fsp3) is 0.360. The summed E-state index contributed by atoms with van der Waals surface area (Å²) >= 11 is 1.57. The Kier molecular flexibility index (Phi) is 8.34. The Hall–Kier alpha value is -2.58. The molecular weight excluding hydrogens is 486 g/mol. The molecule has 4 rings (SSSR count). The van der Waals surface area contributed by atoms with E-state index < -0.39 is 14.0 Å². The monoisotopic (exact) mass is 516 g/mol. The molecule has 10 heteroatoms. The predicted octanol–water partition coefficient (Wildman–Crippen LogP) is 3.82. The van der Waals surface area contributed by atoms with Gasteiger partial charge in [-0.05, 0) is 56.0 Å². The van der Waals surface area contributed by atoms with E-state index in [9.17, 15) is 9.69 Å². The molecule has 0 saturated carbocycles. The van der Waals surface area contributed by atoms with Gasteiger partial charge >= 0.3 is 0 Å². The molecule has 2 heterocycles. The minimum atomic E-state index is -1.58. The fourth-order valence-electron chi connectivity index (χ4n) is 4.08. The molecule has 1 unspecified atom stereocenters. The van der Waals surface area contributed by atoms with Gasteiger partial charge in [0.15, 0.2) is 5.13 Å². The average Bonchev–Trinajstić information content (AvgIpc) is 3.21. The Labute approximate surface area is 210 Å². The molecule has 0 spiro atoms. The number of hydrogen-bond donors (Lipinski definition) is 3. The summed E-state index contributed by atoms with van der Waals surface area (Å²) in [5, 5.41) is 7.52. The number of amides is 1. The lowest BCUT2D eigenvalue weighted by molar-refractivity contribution is 0.0731. The van der Waals surface area contributed by atoms with Gasteiger partial charge in [-0.1, -0.05) is 18.3 Å². The Morgan fingerprint density at radius 3 is 2.89 bits per heavy atom. The van der Waals surface area contributed by atoms with E-state index in [4.69, 9.17) is 4.74 Å². The van der Waals surface area contributed by atoms with Crippen LogP contribution in [0.1, 0.15) is 28.4 Å². The summed E-state index contributed by atoms with van der Waals surface area (Å²) in [7, 11) is 0.324. The number of anilines is 1. The van der Waals surface area contributed by atoms with Crippen molar-refractivity contribution in [3.8, 4) is 16.2 Å². The van der Waals surface area contributed by atoms with Crippen LogP contribution in [0.2, 0.25) is 0 Å². The second-order valence-corrected chi connectivity index (χ2v) is 10.8. The molecule has 35 heavy (non-hydrogen) atoms. The number of halogens is 1. The lowest BCUT2D eigenvalue weighted by atomic mass is 10.0. The molecule has 0 aliphatic carbocycles. The Balaban J connectivity index is 1.58. The van der Waals surface area contributed by atoms with Gasteiger partial charge in [-0.15, -0.1) is 0 Å². The lowest BCUT2D eigenvalue weighted by Crippen LogP contribution is -2.33. The Bertz CT molecular complexity index is 1200. The van der Waals surface area contributed by atoms with Crippen LogP contribution in [0.15, 0.2) is 36.5 Å². The number of nitrogens with one attached hydrogen (secondary N) is 2. The summed E-state index contributed by atoms with van der Waals surface area (Å²) < 4.78 is 20.9. The second kappa shape index (κ2) is 11.4. The summed E-state index contributed by atoms with van der Waals surface area (Å²) in [4.78, 5) is 30.6. The zero-order chi connectivity index (χ0) is 24.9. The number of carbonyl (C=O) groups is 1. The number of benzene rings is 2. The average molecular weight is 517 g/mol. The number of aromatic nitrogens is 1. The molecule has 0 saturated heterocycles. The summed E-state index contributed by atoms with van der Waals surface area (Å²) in [6.07, 6.45) is 2.21. The quantitative estimate of drug-likeness (QED) is 0.312. The topological polar surface area (TPSA) is 86.7 Å². The van der Waals surface area contributed by atoms with E-state index in [2.05, 4.69) is 15.6 Å². The highest BCUT2D eigenvalue weighted by Gasteiger charge is 2.26. The van der Waals surface area contributed by atoms with Crippen LogP contribution >= 0.6 is 19.5 Å². The van der Waals surface area contributed by atoms with Gasteiger partial charge in [0, 0.05) is 47.8 Å². The predicted molar refractivity (Wildman–Crippen MR) is 141 cm³/mol. The van der Waals surface area contributed by atoms with Gasteiger partial charge in [0.05, 0.1) is 19.6 Å². The molecule has 0 radical (unpaired) electrons. The maximum absolute atomic E-state index is 15.0. The largest absolute Gasteiger partial charge is 0.491 e. The van der Waals surface area contributed by atoms with E-state index in [1.54, 1.807) is 29.0 Å². The molecule has 1 aromatic heterocycles. The van der Waals surface area contributed by atoms with Crippen LogP contribution in [-0.4, -0.2) is 60.6 Å². The zero-order valence-electron chi connectivity index (χ0n) is 20.1. The number of carbonyl (C=O) groups excluding carboxylic acids is 1. The molecule has 3 N–H and O–H groups in total. The molecule has 0 bridgehead atoms. The maximum Gasteiger partial charge on any atom is 0.254 e. The summed E-state index contributed by atoms with van der Waals surface area (Å²) in [5.41, 5.74) is 2.58. The van der Waals surface area contributed by atoms with Gasteiger partial charge < -0.3 is 25.2 Å². The first-order chi connectivity index (χ1) is 16.9. The SMILES string of the molecule is CCc1c(C(=O)N2CCOc3ccc(-c4cnc(NCCNC)s4)cc3C2)ccc(P(C)O)c1F. The van der Waals surface area contributed by atoms with Gasteiger partial charge in [0.2, 0.25) is 0 Å². The molecule has 1 aliphatic heterocycles. The second-order valence-electron chi connectivity index (χ2n) is 8.26. The number of rotatable bonds is 8.